The Kier molecular flexibility index (Phi) is 5.83. The molecule has 5 heteroatoms. The van der Waals surface area contributed by atoms with E-state index in [0.717, 1.165) is 25.7 Å². The molecule has 0 radical (unpaired) electrons. The molecule has 0 spiro atoms. The Bertz CT molecular complexity index is 340. The second kappa shape index (κ2) is 7.62. The highest BCUT2D eigenvalue weighted by Gasteiger charge is 2.31. The van der Waals surface area contributed by atoms with Crippen LogP contribution in [0.1, 0.15) is 58.3 Å². The van der Waals surface area contributed by atoms with Crippen molar-refractivity contribution in [1.29, 1.82) is 0 Å². The smallest absolute Gasteiger partial charge is 0.323 e. The van der Waals surface area contributed by atoms with Crippen molar-refractivity contribution in [3.8, 4) is 0 Å². The summed E-state index contributed by atoms with van der Waals surface area (Å²) < 4.78 is 4.94. The Morgan fingerprint density at radius 3 is 2.65 bits per heavy atom. The maximum absolute atomic E-state index is 12.4. The highest BCUT2D eigenvalue weighted by molar-refractivity contribution is 5.84. The van der Waals surface area contributed by atoms with Crippen molar-refractivity contribution in [1.82, 2.24) is 10.6 Å². The third-order valence-electron chi connectivity index (χ3n) is 4.18. The van der Waals surface area contributed by atoms with Gasteiger partial charge < -0.3 is 10.1 Å². The van der Waals surface area contributed by atoms with Gasteiger partial charge in [-0.3, -0.25) is 14.9 Å². The summed E-state index contributed by atoms with van der Waals surface area (Å²) in [5.41, 5.74) is 0. The number of carbonyl (C=O) groups is 2. The second-order valence-corrected chi connectivity index (χ2v) is 5.86. The minimum Gasteiger partial charge on any atom is -0.464 e. The molecule has 1 saturated carbocycles. The lowest BCUT2D eigenvalue weighted by atomic mass is 9.95. The number of hydrogen-bond donors (Lipinski definition) is 2. The van der Waals surface area contributed by atoms with Gasteiger partial charge in [0.1, 0.15) is 6.04 Å². The van der Waals surface area contributed by atoms with Crippen LogP contribution in [0.25, 0.3) is 0 Å². The number of cyclic esters (lactones) is 1. The second-order valence-electron chi connectivity index (χ2n) is 5.86. The Labute approximate surface area is 120 Å². The lowest BCUT2D eigenvalue weighted by Crippen LogP contribution is -2.52. The predicted octanol–water partition coefficient (Wildman–Crippen LogP) is 1.51. The average molecular weight is 282 g/mol. The normalized spacial score (nSPS) is 25.2. The number of hydrogen-bond acceptors (Lipinski definition) is 4. The van der Waals surface area contributed by atoms with Crippen LogP contribution in [0.2, 0.25) is 0 Å². The van der Waals surface area contributed by atoms with Gasteiger partial charge in [0.2, 0.25) is 5.91 Å². The lowest BCUT2D eigenvalue weighted by Gasteiger charge is -2.26. The molecule has 1 aliphatic heterocycles. The topological polar surface area (TPSA) is 67.4 Å². The van der Waals surface area contributed by atoms with Crippen LogP contribution in [0.3, 0.4) is 0 Å². The molecule has 0 bridgehead atoms. The summed E-state index contributed by atoms with van der Waals surface area (Å²) in [5, 5.41) is 6.31. The van der Waals surface area contributed by atoms with Gasteiger partial charge in [0.05, 0.1) is 12.6 Å². The Morgan fingerprint density at radius 1 is 1.30 bits per heavy atom. The largest absolute Gasteiger partial charge is 0.464 e. The summed E-state index contributed by atoms with van der Waals surface area (Å²) in [6.07, 6.45) is 8.16. The van der Waals surface area contributed by atoms with Gasteiger partial charge in [-0.2, -0.15) is 0 Å². The summed E-state index contributed by atoms with van der Waals surface area (Å²) in [7, 11) is 0. The molecule has 1 amide bonds. The van der Waals surface area contributed by atoms with E-state index >= 15 is 0 Å². The van der Waals surface area contributed by atoms with Crippen molar-refractivity contribution in [2.24, 2.45) is 0 Å². The number of rotatable bonds is 6. The van der Waals surface area contributed by atoms with Crippen LogP contribution in [-0.4, -0.2) is 36.6 Å². The maximum atomic E-state index is 12.4. The van der Waals surface area contributed by atoms with Gasteiger partial charge in [-0.25, -0.2) is 0 Å². The van der Waals surface area contributed by atoms with Crippen LogP contribution in [0.4, 0.5) is 0 Å². The zero-order chi connectivity index (χ0) is 14.4. The third-order valence-corrected chi connectivity index (χ3v) is 4.18. The van der Waals surface area contributed by atoms with Gasteiger partial charge in [-0.1, -0.05) is 32.6 Å². The van der Waals surface area contributed by atoms with Crippen LogP contribution < -0.4 is 10.6 Å². The van der Waals surface area contributed by atoms with Gasteiger partial charge in [-0.15, -0.1) is 0 Å². The number of esters is 1. The van der Waals surface area contributed by atoms with Gasteiger partial charge >= 0.3 is 5.97 Å². The van der Waals surface area contributed by atoms with E-state index in [9.17, 15) is 9.59 Å². The zero-order valence-corrected chi connectivity index (χ0v) is 12.3. The predicted molar refractivity (Wildman–Crippen MR) is 76.2 cm³/mol. The molecule has 114 valence electrons. The molecule has 2 N–H and O–H groups in total. The lowest BCUT2D eigenvalue weighted by molar-refractivity contribution is -0.140. The number of carbonyl (C=O) groups excluding carboxylic acids is 2. The first-order valence-electron chi connectivity index (χ1n) is 7.93. The molecule has 5 nitrogen and oxygen atoms in total. The van der Waals surface area contributed by atoms with Crippen LogP contribution in [0, 0.1) is 0 Å². The molecule has 0 aromatic heterocycles. The fourth-order valence-corrected chi connectivity index (χ4v) is 3.02. The quantitative estimate of drug-likeness (QED) is 0.725. The van der Waals surface area contributed by atoms with E-state index in [4.69, 9.17) is 4.74 Å². The number of amides is 1. The Hall–Kier alpha value is -1.10. The van der Waals surface area contributed by atoms with Crippen LogP contribution >= 0.6 is 0 Å². The molecule has 0 aromatic carbocycles. The Morgan fingerprint density at radius 2 is 2.05 bits per heavy atom. The molecule has 2 fully saturated rings. The number of nitrogens with one attached hydrogen (secondary N) is 2. The molecule has 1 saturated heterocycles. The van der Waals surface area contributed by atoms with Gasteiger partial charge in [0.25, 0.3) is 0 Å². The highest BCUT2D eigenvalue weighted by atomic mass is 16.5. The van der Waals surface area contributed by atoms with Gasteiger partial charge in [-0.05, 0) is 19.3 Å². The van der Waals surface area contributed by atoms with Crippen molar-refractivity contribution in [3.05, 3.63) is 0 Å². The fraction of sp³-hybridized carbons (Fsp3) is 0.867. The zero-order valence-electron chi connectivity index (χ0n) is 12.3. The van der Waals surface area contributed by atoms with Crippen molar-refractivity contribution >= 4 is 11.9 Å². The minimum absolute atomic E-state index is 0.0402. The third kappa shape index (κ3) is 4.20. The molecular formula is C15H26N2O3. The minimum atomic E-state index is -0.316. The first-order chi connectivity index (χ1) is 9.70. The SMILES string of the molecule is CCC[C@@H](N[C@H]1CCOC1=O)C(=O)NC1CCCCC1. The van der Waals surface area contributed by atoms with Gasteiger partial charge in [0, 0.05) is 12.5 Å². The fourth-order valence-electron chi connectivity index (χ4n) is 3.02. The standard InChI is InChI=1S/C15H26N2O3/c1-2-6-12(17-13-9-10-20-15(13)19)14(18)16-11-7-4-3-5-8-11/h11-13,17H,2-10H2,1H3,(H,16,18)/t12-,13+/m1/s1. The van der Waals surface area contributed by atoms with Crippen molar-refractivity contribution in [3.63, 3.8) is 0 Å². The van der Waals surface area contributed by atoms with E-state index in [1.54, 1.807) is 0 Å². The molecule has 0 unspecified atom stereocenters. The van der Waals surface area contributed by atoms with Crippen LogP contribution in [0.15, 0.2) is 0 Å². The molecule has 20 heavy (non-hydrogen) atoms. The van der Waals surface area contributed by atoms with E-state index < -0.39 is 0 Å². The number of ether oxygens (including phenoxy) is 1. The van der Waals surface area contributed by atoms with E-state index in [-0.39, 0.29) is 24.0 Å². The summed E-state index contributed by atoms with van der Waals surface area (Å²) in [5.74, 6) is -0.185. The van der Waals surface area contributed by atoms with E-state index in [2.05, 4.69) is 17.6 Å². The van der Waals surface area contributed by atoms with Crippen LogP contribution in [0.5, 0.6) is 0 Å². The Balaban J connectivity index is 1.85. The van der Waals surface area contributed by atoms with E-state index in [1.165, 1.54) is 19.3 Å². The van der Waals surface area contributed by atoms with E-state index in [1.807, 2.05) is 0 Å². The molecule has 1 heterocycles. The van der Waals surface area contributed by atoms with Crippen molar-refractivity contribution < 1.29 is 14.3 Å². The highest BCUT2D eigenvalue weighted by Crippen LogP contribution is 2.18. The summed E-state index contributed by atoms with van der Waals surface area (Å²) >= 11 is 0. The van der Waals surface area contributed by atoms with Crippen molar-refractivity contribution in [2.75, 3.05) is 6.61 Å². The van der Waals surface area contributed by atoms with E-state index in [0.29, 0.717) is 19.1 Å². The monoisotopic (exact) mass is 282 g/mol. The molecule has 2 rings (SSSR count). The molecular weight excluding hydrogens is 256 g/mol. The van der Waals surface area contributed by atoms with Crippen molar-refractivity contribution in [2.45, 2.75) is 76.4 Å². The molecule has 2 aliphatic rings. The first-order valence-corrected chi connectivity index (χ1v) is 7.93. The summed E-state index contributed by atoms with van der Waals surface area (Å²) in [4.78, 5) is 23.9. The first kappa shape index (κ1) is 15.3. The average Bonchev–Trinajstić information content (AvgIpc) is 2.85. The van der Waals surface area contributed by atoms with Gasteiger partial charge in [0.15, 0.2) is 0 Å². The summed E-state index contributed by atoms with van der Waals surface area (Å²) in [6, 6.07) is -0.283. The van der Waals surface area contributed by atoms with Crippen LogP contribution in [-0.2, 0) is 14.3 Å². The molecule has 2 atom stereocenters. The molecule has 1 aliphatic carbocycles. The maximum Gasteiger partial charge on any atom is 0.323 e. The molecule has 0 aromatic rings. The summed E-state index contributed by atoms with van der Waals surface area (Å²) in [6.45, 7) is 2.51.